The van der Waals surface area contributed by atoms with Gasteiger partial charge in [0.1, 0.15) is 0 Å². The predicted octanol–water partition coefficient (Wildman–Crippen LogP) is 4.90. The van der Waals surface area contributed by atoms with Crippen molar-refractivity contribution < 1.29 is 13.2 Å². The van der Waals surface area contributed by atoms with Gasteiger partial charge in [0, 0.05) is 11.3 Å². The van der Waals surface area contributed by atoms with E-state index in [1.165, 1.54) is 17.7 Å². The third-order valence-corrected chi connectivity index (χ3v) is 6.43. The van der Waals surface area contributed by atoms with Crippen LogP contribution in [0.2, 0.25) is 0 Å². The summed E-state index contributed by atoms with van der Waals surface area (Å²) in [5.41, 5.74) is 5.06. The molecule has 2 N–H and O–H groups in total. The van der Waals surface area contributed by atoms with E-state index in [1.54, 1.807) is 30.3 Å². The maximum Gasteiger partial charge on any atom is 0.261 e. The average molecular weight is 423 g/mol. The molecule has 0 aliphatic carbocycles. The number of aryl methyl sites for hydroxylation is 3. The Morgan fingerprint density at radius 1 is 0.867 bits per heavy atom. The molecule has 0 fully saturated rings. The minimum absolute atomic E-state index is 0.0375. The van der Waals surface area contributed by atoms with Crippen LogP contribution >= 0.6 is 0 Å². The minimum atomic E-state index is -3.81. The summed E-state index contributed by atoms with van der Waals surface area (Å²) in [6, 6.07) is 19.0. The van der Waals surface area contributed by atoms with Gasteiger partial charge in [-0.15, -0.1) is 0 Å². The van der Waals surface area contributed by atoms with Gasteiger partial charge in [-0.05, 0) is 80.3 Å². The molecule has 0 radical (unpaired) electrons. The fourth-order valence-corrected chi connectivity index (χ4v) is 4.22. The number of benzene rings is 3. The smallest absolute Gasteiger partial charge is 0.261 e. The van der Waals surface area contributed by atoms with Crippen molar-refractivity contribution in [2.45, 2.75) is 38.6 Å². The van der Waals surface area contributed by atoms with Crippen molar-refractivity contribution in [3.63, 3.8) is 0 Å². The highest BCUT2D eigenvalue weighted by atomic mass is 32.2. The van der Waals surface area contributed by atoms with Gasteiger partial charge in [-0.1, -0.05) is 36.4 Å². The van der Waals surface area contributed by atoms with Crippen LogP contribution in [0.3, 0.4) is 0 Å². The lowest BCUT2D eigenvalue weighted by Gasteiger charge is -2.16. The number of hydrogen-bond donors (Lipinski definition) is 2. The van der Waals surface area contributed by atoms with Gasteiger partial charge >= 0.3 is 0 Å². The van der Waals surface area contributed by atoms with Crippen LogP contribution in [-0.2, 0) is 10.0 Å². The molecule has 0 saturated carbocycles. The minimum Gasteiger partial charge on any atom is -0.346 e. The van der Waals surface area contributed by atoms with Crippen molar-refractivity contribution in [3.8, 4) is 0 Å². The van der Waals surface area contributed by atoms with E-state index >= 15 is 0 Å². The Morgan fingerprint density at radius 2 is 1.60 bits per heavy atom. The number of carbonyl (C=O) groups is 1. The maximum absolute atomic E-state index is 12.8. The number of sulfonamides is 1. The zero-order valence-corrected chi connectivity index (χ0v) is 18.4. The molecule has 1 atom stereocenters. The molecular weight excluding hydrogens is 396 g/mol. The Bertz CT molecular complexity index is 1190. The molecule has 1 amide bonds. The van der Waals surface area contributed by atoms with Crippen molar-refractivity contribution in [1.82, 2.24) is 5.32 Å². The van der Waals surface area contributed by atoms with E-state index in [9.17, 15) is 13.2 Å². The third-order valence-electron chi connectivity index (χ3n) is 5.06. The van der Waals surface area contributed by atoms with Crippen LogP contribution in [0.1, 0.15) is 45.6 Å². The van der Waals surface area contributed by atoms with E-state index in [0.717, 1.165) is 16.7 Å². The molecule has 3 aromatic rings. The van der Waals surface area contributed by atoms with E-state index in [4.69, 9.17) is 0 Å². The van der Waals surface area contributed by atoms with Crippen LogP contribution in [0.5, 0.6) is 0 Å². The van der Waals surface area contributed by atoms with E-state index in [2.05, 4.69) is 10.0 Å². The third kappa shape index (κ3) is 5.07. The van der Waals surface area contributed by atoms with E-state index < -0.39 is 10.0 Å². The first-order valence-electron chi connectivity index (χ1n) is 9.73. The molecule has 3 aromatic carbocycles. The van der Waals surface area contributed by atoms with Crippen molar-refractivity contribution in [2.24, 2.45) is 0 Å². The maximum atomic E-state index is 12.8. The van der Waals surface area contributed by atoms with E-state index in [-0.39, 0.29) is 22.4 Å². The standard InChI is InChI=1S/C24H26N2O3S/c1-16-7-5-9-22(13-16)26-30(28,29)23-10-6-8-21(15-23)24(27)25-19(4)20-12-11-17(2)18(3)14-20/h5-15,19,26H,1-4H3,(H,25,27). The normalized spacial score (nSPS) is 12.3. The van der Waals surface area contributed by atoms with Crippen LogP contribution in [0.4, 0.5) is 5.69 Å². The van der Waals surface area contributed by atoms with Gasteiger partial charge in [-0.25, -0.2) is 8.42 Å². The number of amides is 1. The van der Waals surface area contributed by atoms with Crippen LogP contribution in [0.25, 0.3) is 0 Å². The monoisotopic (exact) mass is 422 g/mol. The number of rotatable bonds is 6. The van der Waals surface area contributed by atoms with Crippen molar-refractivity contribution >= 4 is 21.6 Å². The highest BCUT2D eigenvalue weighted by Crippen LogP contribution is 2.20. The van der Waals surface area contributed by atoms with Gasteiger partial charge in [0.05, 0.1) is 10.9 Å². The lowest BCUT2D eigenvalue weighted by Crippen LogP contribution is -2.27. The molecule has 0 heterocycles. The number of carbonyl (C=O) groups excluding carboxylic acids is 1. The molecule has 3 rings (SSSR count). The molecule has 0 saturated heterocycles. The topological polar surface area (TPSA) is 75.3 Å². The Labute approximate surface area is 178 Å². The van der Waals surface area contributed by atoms with Crippen LogP contribution in [0, 0.1) is 20.8 Å². The second-order valence-corrected chi connectivity index (χ2v) is 9.22. The molecule has 1 unspecified atom stereocenters. The summed E-state index contributed by atoms with van der Waals surface area (Å²) in [4.78, 5) is 12.8. The summed E-state index contributed by atoms with van der Waals surface area (Å²) < 4.78 is 28.1. The highest BCUT2D eigenvalue weighted by molar-refractivity contribution is 7.92. The largest absolute Gasteiger partial charge is 0.346 e. The molecule has 5 nitrogen and oxygen atoms in total. The quantitative estimate of drug-likeness (QED) is 0.593. The first-order valence-corrected chi connectivity index (χ1v) is 11.2. The molecular formula is C24H26N2O3S. The molecule has 6 heteroatoms. The van der Waals surface area contributed by atoms with E-state index in [1.807, 2.05) is 52.0 Å². The number of anilines is 1. The second-order valence-electron chi connectivity index (χ2n) is 7.54. The van der Waals surface area contributed by atoms with Gasteiger partial charge in [0.15, 0.2) is 0 Å². The Kier molecular flexibility index (Phi) is 6.27. The zero-order valence-electron chi connectivity index (χ0n) is 17.6. The highest BCUT2D eigenvalue weighted by Gasteiger charge is 2.18. The Hall–Kier alpha value is -3.12. The van der Waals surface area contributed by atoms with Crippen molar-refractivity contribution in [2.75, 3.05) is 4.72 Å². The molecule has 156 valence electrons. The van der Waals surface area contributed by atoms with Gasteiger partial charge in [0.25, 0.3) is 15.9 Å². The summed E-state index contributed by atoms with van der Waals surface area (Å²) in [5.74, 6) is -0.326. The molecule has 0 aliphatic heterocycles. The first kappa shape index (κ1) is 21.6. The summed E-state index contributed by atoms with van der Waals surface area (Å²) in [5, 5.41) is 2.94. The van der Waals surface area contributed by atoms with E-state index in [0.29, 0.717) is 5.69 Å². The van der Waals surface area contributed by atoms with Gasteiger partial charge in [0.2, 0.25) is 0 Å². The summed E-state index contributed by atoms with van der Waals surface area (Å²) in [6.45, 7) is 7.86. The second kappa shape index (κ2) is 8.71. The fourth-order valence-electron chi connectivity index (χ4n) is 3.12. The van der Waals surface area contributed by atoms with Crippen LogP contribution in [0.15, 0.2) is 71.6 Å². The molecule has 0 aromatic heterocycles. The van der Waals surface area contributed by atoms with Crippen LogP contribution < -0.4 is 10.0 Å². The molecule has 0 aliphatic rings. The first-order chi connectivity index (χ1) is 14.2. The molecule has 30 heavy (non-hydrogen) atoms. The SMILES string of the molecule is Cc1cccc(NS(=O)(=O)c2cccc(C(=O)NC(C)c3ccc(C)c(C)c3)c2)c1. The lowest BCUT2D eigenvalue weighted by atomic mass is 10.0. The fraction of sp³-hybridized carbons (Fsp3) is 0.208. The zero-order chi connectivity index (χ0) is 21.9. The average Bonchev–Trinajstić information content (AvgIpc) is 2.69. The molecule has 0 spiro atoms. The molecule has 0 bridgehead atoms. The van der Waals surface area contributed by atoms with Crippen LogP contribution in [-0.4, -0.2) is 14.3 Å². The van der Waals surface area contributed by atoms with Gasteiger partial charge < -0.3 is 5.32 Å². The van der Waals surface area contributed by atoms with Gasteiger partial charge in [-0.3, -0.25) is 9.52 Å². The lowest BCUT2D eigenvalue weighted by molar-refractivity contribution is 0.0939. The summed E-state index contributed by atoms with van der Waals surface area (Å²) in [6.07, 6.45) is 0. The van der Waals surface area contributed by atoms with Gasteiger partial charge in [-0.2, -0.15) is 0 Å². The number of nitrogens with one attached hydrogen (secondary N) is 2. The Balaban J connectivity index is 1.78. The summed E-state index contributed by atoms with van der Waals surface area (Å²) >= 11 is 0. The number of hydrogen-bond acceptors (Lipinski definition) is 3. The predicted molar refractivity (Wildman–Crippen MR) is 120 cm³/mol. The Morgan fingerprint density at radius 3 is 2.30 bits per heavy atom. The summed E-state index contributed by atoms with van der Waals surface area (Å²) in [7, 11) is -3.81. The van der Waals surface area contributed by atoms with Crippen molar-refractivity contribution in [3.05, 3.63) is 94.5 Å². The van der Waals surface area contributed by atoms with Crippen molar-refractivity contribution in [1.29, 1.82) is 0 Å².